The van der Waals surface area contributed by atoms with Crippen molar-refractivity contribution in [1.29, 1.82) is 0 Å². The van der Waals surface area contributed by atoms with Gasteiger partial charge in [-0.1, -0.05) is 13.8 Å². The second kappa shape index (κ2) is 4.72. The third-order valence-electron chi connectivity index (χ3n) is 1.84. The van der Waals surface area contributed by atoms with E-state index in [1.807, 2.05) is 0 Å². The average molecular weight is 210 g/mol. The number of nitrogens with one attached hydrogen (secondary N) is 1. The van der Waals surface area contributed by atoms with Crippen LogP contribution >= 0.6 is 0 Å². The summed E-state index contributed by atoms with van der Waals surface area (Å²) in [5, 5.41) is 2.48. The summed E-state index contributed by atoms with van der Waals surface area (Å²) in [4.78, 5) is 26.7. The minimum absolute atomic E-state index is 0.0957. The molecule has 0 atom stereocenters. The van der Waals surface area contributed by atoms with Crippen molar-refractivity contribution in [3.05, 3.63) is 11.6 Å². The number of ether oxygens (including phenoxy) is 1. The quantitative estimate of drug-likeness (QED) is 0.694. The van der Waals surface area contributed by atoms with Crippen LogP contribution in [0.3, 0.4) is 0 Å². The topological polar surface area (TPSA) is 67.8 Å². The first-order valence-corrected chi connectivity index (χ1v) is 4.76. The Balaban J connectivity index is 3.04. The van der Waals surface area contributed by atoms with Crippen LogP contribution in [0, 0.1) is 5.92 Å². The first kappa shape index (κ1) is 11.4. The zero-order valence-electron chi connectivity index (χ0n) is 9.03. The summed E-state index contributed by atoms with van der Waals surface area (Å²) in [6.45, 7) is 5.12. The maximum absolute atomic E-state index is 11.7. The standard InChI is InChI=1S/C10H14N2O3/c1-4-11-10-8(9(14)6(2)3)12-7(13)5-15-10/h4,6H,5H2,1-3H3,(H,12,13)/b11-4-. The van der Waals surface area contributed by atoms with Crippen molar-refractivity contribution < 1.29 is 14.3 Å². The molecule has 0 spiro atoms. The van der Waals surface area contributed by atoms with Gasteiger partial charge in [0.25, 0.3) is 5.91 Å². The summed E-state index contributed by atoms with van der Waals surface area (Å²) in [5.41, 5.74) is 0.152. The number of carbonyl (C=O) groups excluding carboxylic acids is 2. The van der Waals surface area contributed by atoms with Crippen molar-refractivity contribution in [2.45, 2.75) is 20.8 Å². The molecule has 0 aromatic rings. The second-order valence-corrected chi connectivity index (χ2v) is 3.42. The minimum atomic E-state index is -0.325. The van der Waals surface area contributed by atoms with Crippen molar-refractivity contribution in [3.8, 4) is 0 Å². The fourth-order valence-corrected chi connectivity index (χ4v) is 1.11. The molecule has 0 saturated heterocycles. The molecular formula is C10H14N2O3. The molecular weight excluding hydrogens is 196 g/mol. The van der Waals surface area contributed by atoms with Gasteiger partial charge in [0.1, 0.15) is 5.70 Å². The van der Waals surface area contributed by atoms with E-state index in [0.29, 0.717) is 0 Å². The lowest BCUT2D eigenvalue weighted by atomic mass is 10.1. The Labute approximate surface area is 88.2 Å². The number of allylic oxidation sites excluding steroid dienone is 1. The average Bonchev–Trinajstić information content (AvgIpc) is 2.20. The first-order chi connectivity index (χ1) is 7.06. The lowest BCUT2D eigenvalue weighted by Crippen LogP contribution is -2.37. The lowest BCUT2D eigenvalue weighted by molar-refractivity contribution is -0.128. The number of aliphatic imine (C=N–C) groups is 1. The molecule has 1 rings (SSSR count). The zero-order chi connectivity index (χ0) is 11.4. The Morgan fingerprint density at radius 2 is 2.27 bits per heavy atom. The molecule has 0 bridgehead atoms. The summed E-state index contributed by atoms with van der Waals surface area (Å²) in [5.74, 6) is -0.516. The Kier molecular flexibility index (Phi) is 3.60. The maximum atomic E-state index is 11.7. The monoisotopic (exact) mass is 210 g/mol. The van der Waals surface area contributed by atoms with Gasteiger partial charge in [-0.15, -0.1) is 0 Å². The highest BCUT2D eigenvalue weighted by molar-refractivity contribution is 6.01. The molecule has 0 fully saturated rings. The molecule has 1 N–H and O–H groups in total. The summed E-state index contributed by atoms with van der Waals surface area (Å²) in [6.07, 6.45) is 1.51. The van der Waals surface area contributed by atoms with E-state index >= 15 is 0 Å². The molecule has 0 aromatic carbocycles. The largest absolute Gasteiger partial charge is 0.466 e. The zero-order valence-corrected chi connectivity index (χ0v) is 9.03. The van der Waals surface area contributed by atoms with E-state index in [1.165, 1.54) is 6.21 Å². The van der Waals surface area contributed by atoms with Crippen molar-refractivity contribution >= 4 is 17.9 Å². The molecule has 0 saturated carbocycles. The summed E-state index contributed by atoms with van der Waals surface area (Å²) >= 11 is 0. The summed E-state index contributed by atoms with van der Waals surface area (Å²) in [7, 11) is 0. The lowest BCUT2D eigenvalue weighted by Gasteiger charge is -2.19. The molecule has 5 nitrogen and oxygen atoms in total. The molecule has 82 valence electrons. The van der Waals surface area contributed by atoms with Crippen molar-refractivity contribution in [2.75, 3.05) is 6.61 Å². The molecule has 1 heterocycles. The number of nitrogens with zero attached hydrogens (tertiary/aromatic N) is 1. The molecule has 0 aliphatic carbocycles. The van der Waals surface area contributed by atoms with E-state index < -0.39 is 0 Å². The molecule has 0 aromatic heterocycles. The van der Waals surface area contributed by atoms with Crippen LogP contribution in [0.1, 0.15) is 20.8 Å². The van der Waals surface area contributed by atoms with Crippen LogP contribution < -0.4 is 5.32 Å². The minimum Gasteiger partial charge on any atom is -0.466 e. The SMILES string of the molecule is C/C=N\C1=C(C(=O)C(C)C)NC(=O)CO1. The molecule has 5 heteroatoms. The fraction of sp³-hybridized carbons (Fsp3) is 0.500. The molecule has 15 heavy (non-hydrogen) atoms. The molecule has 0 unspecified atom stereocenters. The van der Waals surface area contributed by atoms with Crippen LogP contribution in [0.25, 0.3) is 0 Å². The normalized spacial score (nSPS) is 16.9. The number of hydrogen-bond donors (Lipinski definition) is 1. The maximum Gasteiger partial charge on any atom is 0.262 e. The van der Waals surface area contributed by atoms with Crippen LogP contribution in [0.2, 0.25) is 0 Å². The van der Waals surface area contributed by atoms with Gasteiger partial charge in [0.05, 0.1) is 0 Å². The third-order valence-corrected chi connectivity index (χ3v) is 1.84. The van der Waals surface area contributed by atoms with Crippen molar-refractivity contribution in [2.24, 2.45) is 10.9 Å². The number of Topliss-reactive ketones (excluding diaryl/α,β-unsaturated/α-hetero) is 1. The van der Waals surface area contributed by atoms with Gasteiger partial charge >= 0.3 is 0 Å². The Bertz CT molecular complexity index is 343. The predicted octanol–water partition coefficient (Wildman–Crippen LogP) is 0.618. The van der Waals surface area contributed by atoms with E-state index in [-0.39, 0.29) is 35.8 Å². The molecule has 0 radical (unpaired) electrons. The molecule has 1 aliphatic rings. The number of amides is 1. The summed E-state index contributed by atoms with van der Waals surface area (Å²) < 4.78 is 5.06. The van der Waals surface area contributed by atoms with Crippen molar-refractivity contribution in [1.82, 2.24) is 5.32 Å². The van der Waals surface area contributed by atoms with Crippen LogP contribution in [0.15, 0.2) is 16.6 Å². The number of hydrogen-bond acceptors (Lipinski definition) is 4. The highest BCUT2D eigenvalue weighted by Gasteiger charge is 2.25. The highest BCUT2D eigenvalue weighted by Crippen LogP contribution is 2.14. The Morgan fingerprint density at radius 3 is 2.80 bits per heavy atom. The molecule has 1 aliphatic heterocycles. The van der Waals surface area contributed by atoms with Gasteiger partial charge < -0.3 is 10.1 Å². The van der Waals surface area contributed by atoms with Crippen LogP contribution in [-0.2, 0) is 14.3 Å². The fourth-order valence-electron chi connectivity index (χ4n) is 1.11. The Hall–Kier alpha value is -1.65. The van der Waals surface area contributed by atoms with Crippen molar-refractivity contribution in [3.63, 3.8) is 0 Å². The second-order valence-electron chi connectivity index (χ2n) is 3.42. The van der Waals surface area contributed by atoms with Crippen LogP contribution in [0.4, 0.5) is 0 Å². The highest BCUT2D eigenvalue weighted by atomic mass is 16.5. The van der Waals surface area contributed by atoms with Gasteiger partial charge in [-0.3, -0.25) is 9.59 Å². The van der Waals surface area contributed by atoms with E-state index in [4.69, 9.17) is 4.74 Å². The van der Waals surface area contributed by atoms with E-state index in [9.17, 15) is 9.59 Å². The van der Waals surface area contributed by atoms with Gasteiger partial charge in [-0.25, -0.2) is 4.99 Å². The smallest absolute Gasteiger partial charge is 0.262 e. The van der Waals surface area contributed by atoms with Crippen LogP contribution in [0.5, 0.6) is 0 Å². The van der Waals surface area contributed by atoms with E-state index in [1.54, 1.807) is 20.8 Å². The van der Waals surface area contributed by atoms with E-state index in [0.717, 1.165) is 0 Å². The number of ketones is 1. The number of rotatable bonds is 3. The Morgan fingerprint density at radius 1 is 1.60 bits per heavy atom. The van der Waals surface area contributed by atoms with Gasteiger partial charge in [-0.2, -0.15) is 0 Å². The number of carbonyl (C=O) groups is 2. The first-order valence-electron chi connectivity index (χ1n) is 4.76. The van der Waals surface area contributed by atoms with Crippen LogP contribution in [-0.4, -0.2) is 24.5 Å². The van der Waals surface area contributed by atoms with Gasteiger partial charge in [0.2, 0.25) is 5.88 Å². The predicted molar refractivity (Wildman–Crippen MR) is 55.1 cm³/mol. The summed E-state index contributed by atoms with van der Waals surface area (Å²) in [6, 6.07) is 0. The van der Waals surface area contributed by atoms with Gasteiger partial charge in [0.15, 0.2) is 12.4 Å². The molecule has 1 amide bonds. The van der Waals surface area contributed by atoms with E-state index in [2.05, 4.69) is 10.3 Å². The van der Waals surface area contributed by atoms with Gasteiger partial charge in [-0.05, 0) is 6.92 Å². The third kappa shape index (κ3) is 2.65. The van der Waals surface area contributed by atoms with Gasteiger partial charge in [0, 0.05) is 12.1 Å².